The van der Waals surface area contributed by atoms with E-state index in [9.17, 15) is 24.3 Å². The maximum Gasteiger partial charge on any atom is 0.407 e. The predicted molar refractivity (Wildman–Crippen MR) is 187 cm³/mol. The van der Waals surface area contributed by atoms with E-state index in [-0.39, 0.29) is 29.8 Å². The molecule has 51 heavy (non-hydrogen) atoms. The van der Waals surface area contributed by atoms with Crippen molar-refractivity contribution < 1.29 is 19.1 Å². The largest absolute Gasteiger partial charge is 0.465 e. The van der Waals surface area contributed by atoms with Crippen molar-refractivity contribution in [1.29, 1.82) is 5.26 Å². The van der Waals surface area contributed by atoms with Gasteiger partial charge in [0.05, 0.1) is 42.1 Å². The summed E-state index contributed by atoms with van der Waals surface area (Å²) in [5, 5.41) is 28.9. The number of nitrogens with zero attached hydrogens (tertiary/aromatic N) is 10. The topological polar surface area (TPSA) is 149 Å². The van der Waals surface area contributed by atoms with Gasteiger partial charge < -0.3 is 19.8 Å². The highest BCUT2D eigenvalue weighted by molar-refractivity contribution is 5.87. The molecule has 5 aromatic heterocycles. The van der Waals surface area contributed by atoms with Crippen molar-refractivity contribution in [1.82, 2.24) is 39.2 Å². The number of carbonyl (C=O) groups is 2. The molecule has 0 bridgehead atoms. The summed E-state index contributed by atoms with van der Waals surface area (Å²) < 4.78 is 16.9. The van der Waals surface area contributed by atoms with Crippen LogP contribution in [0.3, 0.4) is 0 Å². The van der Waals surface area contributed by atoms with E-state index in [0.717, 1.165) is 34.3 Å². The molecule has 0 spiro atoms. The van der Waals surface area contributed by atoms with Gasteiger partial charge >= 0.3 is 6.09 Å². The van der Waals surface area contributed by atoms with Crippen molar-refractivity contribution in [2.75, 3.05) is 37.6 Å². The highest BCUT2D eigenvalue weighted by Gasteiger charge is 2.39. The van der Waals surface area contributed by atoms with Gasteiger partial charge in [-0.1, -0.05) is 20.8 Å². The Kier molecular flexibility index (Phi) is 8.88. The van der Waals surface area contributed by atoms with E-state index in [0.29, 0.717) is 62.3 Å². The number of halogens is 1. The molecule has 2 unspecified atom stereocenters. The molecule has 2 amide bonds. The Morgan fingerprint density at radius 2 is 1.75 bits per heavy atom. The van der Waals surface area contributed by atoms with Crippen LogP contribution in [-0.2, 0) is 11.2 Å². The van der Waals surface area contributed by atoms with Gasteiger partial charge in [-0.25, -0.2) is 18.7 Å². The van der Waals surface area contributed by atoms with Crippen LogP contribution >= 0.6 is 0 Å². The number of fused-ring (bicyclic) bond motifs is 1. The first-order valence-corrected chi connectivity index (χ1v) is 17.0. The number of pyridine rings is 3. The maximum atomic E-state index is 13.2. The molecule has 0 aromatic carbocycles. The van der Waals surface area contributed by atoms with Gasteiger partial charge in [0.1, 0.15) is 17.7 Å². The van der Waals surface area contributed by atoms with Crippen molar-refractivity contribution >= 4 is 23.3 Å². The minimum Gasteiger partial charge on any atom is -0.465 e. The number of likely N-dealkylation sites (tertiary alicyclic amines) is 1. The molecule has 2 atom stereocenters. The van der Waals surface area contributed by atoms with E-state index in [4.69, 9.17) is 10.1 Å². The summed E-state index contributed by atoms with van der Waals surface area (Å²) in [4.78, 5) is 39.1. The van der Waals surface area contributed by atoms with Gasteiger partial charge in [0.25, 0.3) is 0 Å². The van der Waals surface area contributed by atoms with Gasteiger partial charge in [0.15, 0.2) is 0 Å². The predicted octanol–water partition coefficient (Wildman–Crippen LogP) is 5.29. The van der Waals surface area contributed by atoms with Crippen LogP contribution in [-0.4, -0.2) is 95.0 Å². The Morgan fingerprint density at radius 1 is 0.941 bits per heavy atom. The normalized spacial score (nSPS) is 18.2. The second-order valence-electron chi connectivity index (χ2n) is 14.3. The summed E-state index contributed by atoms with van der Waals surface area (Å²) in [6.45, 7) is 8.97. The molecular formula is C37H39FN10O3. The van der Waals surface area contributed by atoms with E-state index in [1.54, 1.807) is 26.7 Å². The molecule has 2 aliphatic rings. The lowest BCUT2D eigenvalue weighted by Crippen LogP contribution is -2.51. The lowest BCUT2D eigenvalue weighted by molar-refractivity contribution is -0.130. The molecule has 2 fully saturated rings. The molecule has 0 aliphatic carbocycles. The fourth-order valence-electron chi connectivity index (χ4n) is 7.20. The van der Waals surface area contributed by atoms with Gasteiger partial charge in [-0.05, 0) is 48.6 Å². The fourth-order valence-corrected chi connectivity index (χ4v) is 7.20. The van der Waals surface area contributed by atoms with Crippen LogP contribution in [0.15, 0.2) is 67.5 Å². The molecular weight excluding hydrogens is 651 g/mol. The van der Waals surface area contributed by atoms with Gasteiger partial charge in [0, 0.05) is 85.3 Å². The van der Waals surface area contributed by atoms with Crippen LogP contribution in [0, 0.1) is 22.6 Å². The summed E-state index contributed by atoms with van der Waals surface area (Å²) in [5.74, 6) is 0.315. The van der Waals surface area contributed by atoms with Gasteiger partial charge in [0.2, 0.25) is 5.91 Å². The van der Waals surface area contributed by atoms with Crippen LogP contribution < -0.4 is 4.90 Å². The van der Waals surface area contributed by atoms with E-state index in [1.165, 1.54) is 12.1 Å². The zero-order valence-electron chi connectivity index (χ0n) is 28.8. The van der Waals surface area contributed by atoms with Gasteiger partial charge in [-0.15, -0.1) is 0 Å². The fraction of sp³-hybridized carbons (Fsp3) is 0.378. The van der Waals surface area contributed by atoms with Crippen LogP contribution in [0.1, 0.15) is 50.9 Å². The second kappa shape index (κ2) is 13.5. The third-order valence-electron chi connectivity index (χ3n) is 10.00. The molecule has 13 nitrogen and oxygen atoms in total. The monoisotopic (exact) mass is 690 g/mol. The van der Waals surface area contributed by atoms with Crippen molar-refractivity contribution in [2.24, 2.45) is 5.41 Å². The smallest absolute Gasteiger partial charge is 0.407 e. The third-order valence-corrected chi connectivity index (χ3v) is 10.00. The molecule has 0 saturated carbocycles. The van der Waals surface area contributed by atoms with Gasteiger partial charge in [-0.2, -0.15) is 15.5 Å². The van der Waals surface area contributed by atoms with Crippen molar-refractivity contribution in [3.63, 3.8) is 0 Å². The average molecular weight is 691 g/mol. The van der Waals surface area contributed by atoms with E-state index in [2.05, 4.69) is 41.8 Å². The zero-order valence-corrected chi connectivity index (χ0v) is 28.8. The highest BCUT2D eigenvalue weighted by Crippen LogP contribution is 2.38. The van der Waals surface area contributed by atoms with Crippen molar-refractivity contribution in [3.8, 4) is 28.3 Å². The third kappa shape index (κ3) is 6.84. The Hall–Kier alpha value is -5.84. The summed E-state index contributed by atoms with van der Waals surface area (Å²) >= 11 is 0. The SMILES string of the molecule is CC(C)(C)C1CC(n2cc(-c3cc(-c4ccc(N5CCN(C(=O)Cc6ccc(F)cn6)CC5)nc4)c4c(C#N)cnn4c3)cn2)CCN1C(=O)O. The molecule has 7 rings (SSSR count). The molecule has 2 saturated heterocycles. The van der Waals surface area contributed by atoms with Gasteiger partial charge in [-0.3, -0.25) is 14.5 Å². The number of carboxylic acid groups (broad SMARTS) is 1. The number of hydrogen-bond acceptors (Lipinski definition) is 8. The van der Waals surface area contributed by atoms with Crippen LogP contribution in [0.4, 0.5) is 15.0 Å². The molecule has 262 valence electrons. The zero-order chi connectivity index (χ0) is 35.9. The number of aromatic nitrogens is 6. The van der Waals surface area contributed by atoms with E-state index in [1.807, 2.05) is 41.5 Å². The first-order chi connectivity index (χ1) is 24.5. The molecule has 1 N–H and O–H groups in total. The molecule has 2 aliphatic heterocycles. The highest BCUT2D eigenvalue weighted by atomic mass is 19.1. The number of piperazine rings is 1. The number of hydrogen-bond donors (Lipinski definition) is 1. The number of nitriles is 1. The number of anilines is 1. The molecule has 7 heterocycles. The van der Waals surface area contributed by atoms with Crippen molar-refractivity contribution in [3.05, 3.63) is 84.6 Å². The lowest BCUT2D eigenvalue weighted by atomic mass is 9.79. The molecule has 14 heteroatoms. The van der Waals surface area contributed by atoms with Crippen molar-refractivity contribution in [2.45, 2.75) is 52.1 Å². The molecule has 0 radical (unpaired) electrons. The van der Waals surface area contributed by atoms with E-state index < -0.39 is 11.9 Å². The second-order valence-corrected chi connectivity index (χ2v) is 14.3. The standard InChI is InChI=1S/C37H39FN10O3/c1-37(2,3)32-16-30(8-9-46(32)36(50)51)47-23-27(20-42-47)25-14-31(35-26(17-39)19-43-48(35)22-25)24-4-7-33(41-18-24)44-10-12-45(13-11-44)34(49)15-29-6-5-28(38)21-40-29/h4-7,14,18-23,30,32H,8-13,15-16H2,1-3H3,(H,50,51). The maximum absolute atomic E-state index is 13.2. The minimum absolute atomic E-state index is 0.0433. The van der Waals surface area contributed by atoms with Crippen LogP contribution in [0.2, 0.25) is 0 Å². The minimum atomic E-state index is -0.888. The summed E-state index contributed by atoms with van der Waals surface area (Å²) in [6.07, 6.45) is 10.8. The summed E-state index contributed by atoms with van der Waals surface area (Å²) in [7, 11) is 0. The molecule has 5 aromatic rings. The number of amides is 2. The average Bonchev–Trinajstić information content (AvgIpc) is 3.80. The summed E-state index contributed by atoms with van der Waals surface area (Å²) in [6, 6.07) is 11.0. The Balaban J connectivity index is 1.09. The number of piperidine rings is 1. The van der Waals surface area contributed by atoms with Crippen LogP contribution in [0.5, 0.6) is 0 Å². The quantitative estimate of drug-likeness (QED) is 0.251. The number of rotatable bonds is 6. The van der Waals surface area contributed by atoms with Crippen LogP contribution in [0.25, 0.3) is 27.8 Å². The lowest BCUT2D eigenvalue weighted by Gasteiger charge is -2.44. The number of carbonyl (C=O) groups excluding carboxylic acids is 1. The summed E-state index contributed by atoms with van der Waals surface area (Å²) in [5.41, 5.74) is 4.84. The Bertz CT molecular complexity index is 2110. The van der Waals surface area contributed by atoms with E-state index >= 15 is 0 Å². The Labute approximate surface area is 294 Å². The first kappa shape index (κ1) is 33.6. The first-order valence-electron chi connectivity index (χ1n) is 17.0. The Morgan fingerprint density at radius 3 is 2.41 bits per heavy atom.